The first-order chi connectivity index (χ1) is 12.4. The molecule has 1 aliphatic carbocycles. The van der Waals surface area contributed by atoms with Gasteiger partial charge in [0.05, 0.1) is 16.6 Å². The van der Waals surface area contributed by atoms with E-state index in [0.717, 1.165) is 40.8 Å². The Balaban J connectivity index is 1.73. The molecule has 0 spiro atoms. The number of aryl methyl sites for hydroxylation is 2. The van der Waals surface area contributed by atoms with Crippen LogP contribution in [0.3, 0.4) is 0 Å². The summed E-state index contributed by atoms with van der Waals surface area (Å²) in [6, 6.07) is 9.56. The van der Waals surface area contributed by atoms with E-state index in [-0.39, 0.29) is 5.91 Å². The number of amides is 1. The fraction of sp³-hybridized carbons (Fsp3) is 0.350. The summed E-state index contributed by atoms with van der Waals surface area (Å²) in [5.74, 6) is 0.453. The first-order valence-electron chi connectivity index (χ1n) is 8.78. The minimum atomic E-state index is -0.0182. The van der Waals surface area contributed by atoms with E-state index in [1.807, 2.05) is 51.4 Å². The van der Waals surface area contributed by atoms with Gasteiger partial charge in [0.2, 0.25) is 0 Å². The summed E-state index contributed by atoms with van der Waals surface area (Å²) >= 11 is 6.07. The van der Waals surface area contributed by atoms with E-state index in [1.165, 1.54) is 0 Å². The third kappa shape index (κ3) is 3.07. The van der Waals surface area contributed by atoms with Crippen LogP contribution in [0.2, 0.25) is 5.02 Å². The summed E-state index contributed by atoms with van der Waals surface area (Å²) in [5.41, 5.74) is 4.30. The number of carbonyl (C=O) groups excluding carboxylic acids is 1. The van der Waals surface area contributed by atoms with Gasteiger partial charge in [0.15, 0.2) is 5.65 Å². The minimum Gasteiger partial charge on any atom is -0.337 e. The second-order valence-electron chi connectivity index (χ2n) is 7.07. The zero-order chi connectivity index (χ0) is 18.4. The maximum Gasteiger partial charge on any atom is 0.254 e. The van der Waals surface area contributed by atoms with Crippen molar-refractivity contribution in [1.82, 2.24) is 19.7 Å². The van der Waals surface area contributed by atoms with E-state index in [0.29, 0.717) is 23.0 Å². The normalized spacial score (nSPS) is 14.0. The fourth-order valence-corrected chi connectivity index (χ4v) is 3.62. The average molecular weight is 369 g/mol. The summed E-state index contributed by atoms with van der Waals surface area (Å²) in [4.78, 5) is 19.7. The van der Waals surface area contributed by atoms with E-state index in [4.69, 9.17) is 16.6 Å². The molecular formula is C20H21ClN4O. The number of carbonyl (C=O) groups is 1. The largest absolute Gasteiger partial charge is 0.337 e. The van der Waals surface area contributed by atoms with E-state index >= 15 is 0 Å². The smallest absolute Gasteiger partial charge is 0.254 e. The lowest BCUT2D eigenvalue weighted by molar-refractivity contribution is 0.0787. The van der Waals surface area contributed by atoms with Gasteiger partial charge in [-0.15, -0.1) is 0 Å². The predicted molar refractivity (Wildman–Crippen MR) is 102 cm³/mol. The molecule has 0 unspecified atom stereocenters. The molecule has 0 N–H and O–H groups in total. The molecule has 4 rings (SSSR count). The van der Waals surface area contributed by atoms with Gasteiger partial charge in [0.1, 0.15) is 0 Å². The molecule has 0 bridgehead atoms. The number of benzene rings is 1. The van der Waals surface area contributed by atoms with Gasteiger partial charge >= 0.3 is 0 Å². The molecular weight excluding hydrogens is 348 g/mol. The number of hydrogen-bond donors (Lipinski definition) is 0. The number of rotatable bonds is 4. The molecule has 1 fully saturated rings. The van der Waals surface area contributed by atoms with Crippen molar-refractivity contribution in [2.45, 2.75) is 32.2 Å². The van der Waals surface area contributed by atoms with E-state index in [1.54, 1.807) is 9.58 Å². The van der Waals surface area contributed by atoms with Crippen molar-refractivity contribution in [2.75, 3.05) is 7.05 Å². The Hall–Kier alpha value is -2.40. The molecule has 2 aromatic heterocycles. The molecule has 0 saturated heterocycles. The molecule has 1 aromatic carbocycles. The number of fused-ring (bicyclic) bond motifs is 1. The third-order valence-electron chi connectivity index (χ3n) is 4.87. The highest BCUT2D eigenvalue weighted by molar-refractivity contribution is 6.30. The van der Waals surface area contributed by atoms with E-state index in [2.05, 4.69) is 5.10 Å². The highest BCUT2D eigenvalue weighted by Gasteiger charge is 2.29. The van der Waals surface area contributed by atoms with Gasteiger partial charge in [-0.2, -0.15) is 5.10 Å². The molecule has 0 radical (unpaired) electrons. The maximum absolute atomic E-state index is 13.2. The molecule has 134 valence electrons. The molecule has 0 atom stereocenters. The monoisotopic (exact) mass is 368 g/mol. The lowest BCUT2D eigenvalue weighted by Crippen LogP contribution is -2.26. The van der Waals surface area contributed by atoms with Gasteiger partial charge in [0, 0.05) is 37.3 Å². The van der Waals surface area contributed by atoms with Crippen molar-refractivity contribution in [2.24, 2.45) is 7.05 Å². The number of pyridine rings is 1. The minimum absolute atomic E-state index is 0.0182. The van der Waals surface area contributed by atoms with Crippen molar-refractivity contribution in [3.05, 3.63) is 57.9 Å². The molecule has 1 aliphatic rings. The Morgan fingerprint density at radius 2 is 2.12 bits per heavy atom. The van der Waals surface area contributed by atoms with Crippen molar-refractivity contribution in [1.29, 1.82) is 0 Å². The first-order valence-corrected chi connectivity index (χ1v) is 9.16. The Morgan fingerprint density at radius 1 is 1.35 bits per heavy atom. The Morgan fingerprint density at radius 3 is 2.81 bits per heavy atom. The molecule has 3 aromatic rings. The second kappa shape index (κ2) is 6.40. The van der Waals surface area contributed by atoms with Gasteiger partial charge in [-0.25, -0.2) is 4.98 Å². The van der Waals surface area contributed by atoms with Gasteiger partial charge < -0.3 is 4.90 Å². The first kappa shape index (κ1) is 17.0. The van der Waals surface area contributed by atoms with Crippen LogP contribution >= 0.6 is 11.6 Å². The van der Waals surface area contributed by atoms with E-state index in [9.17, 15) is 4.79 Å². The summed E-state index contributed by atoms with van der Waals surface area (Å²) in [6.07, 6.45) is 2.28. The molecule has 6 heteroatoms. The van der Waals surface area contributed by atoms with Gasteiger partial charge in [-0.3, -0.25) is 9.48 Å². The number of hydrogen-bond acceptors (Lipinski definition) is 3. The Labute approximate surface area is 157 Å². The van der Waals surface area contributed by atoms with Crippen LogP contribution < -0.4 is 0 Å². The molecule has 1 saturated carbocycles. The highest BCUT2D eigenvalue weighted by Crippen LogP contribution is 2.40. The van der Waals surface area contributed by atoms with Crippen molar-refractivity contribution < 1.29 is 4.79 Å². The van der Waals surface area contributed by atoms with Crippen LogP contribution in [0.15, 0.2) is 30.3 Å². The van der Waals surface area contributed by atoms with Crippen LogP contribution in [0.5, 0.6) is 0 Å². The molecule has 1 amide bonds. The zero-order valence-electron chi connectivity index (χ0n) is 15.2. The summed E-state index contributed by atoms with van der Waals surface area (Å²) in [5, 5.41) is 6.00. The lowest BCUT2D eigenvalue weighted by Gasteiger charge is -2.18. The summed E-state index contributed by atoms with van der Waals surface area (Å²) < 4.78 is 1.77. The Kier molecular flexibility index (Phi) is 4.19. The van der Waals surface area contributed by atoms with Crippen molar-refractivity contribution in [3.8, 4) is 0 Å². The van der Waals surface area contributed by atoms with Crippen LogP contribution in [-0.4, -0.2) is 32.6 Å². The number of halogens is 1. The van der Waals surface area contributed by atoms with Crippen LogP contribution in [0.25, 0.3) is 11.0 Å². The number of nitrogens with zero attached hydrogens (tertiary/aromatic N) is 4. The van der Waals surface area contributed by atoms with Crippen molar-refractivity contribution in [3.63, 3.8) is 0 Å². The zero-order valence-corrected chi connectivity index (χ0v) is 15.9. The van der Waals surface area contributed by atoms with Crippen LogP contribution in [0, 0.1) is 6.92 Å². The molecule has 26 heavy (non-hydrogen) atoms. The van der Waals surface area contributed by atoms with Gasteiger partial charge in [-0.05, 0) is 43.5 Å². The summed E-state index contributed by atoms with van der Waals surface area (Å²) in [7, 11) is 3.70. The van der Waals surface area contributed by atoms with E-state index < -0.39 is 0 Å². The lowest BCUT2D eigenvalue weighted by atomic mass is 10.1. The Bertz CT molecular complexity index is 1010. The fourth-order valence-electron chi connectivity index (χ4n) is 3.41. The molecule has 5 nitrogen and oxygen atoms in total. The van der Waals surface area contributed by atoms with Crippen molar-refractivity contribution >= 4 is 28.5 Å². The van der Waals surface area contributed by atoms with Crippen LogP contribution in [0.4, 0.5) is 0 Å². The topological polar surface area (TPSA) is 51.0 Å². The average Bonchev–Trinajstić information content (AvgIpc) is 3.40. The SMILES string of the molecule is Cc1nn(C)c2nc(C3CC3)cc(C(=O)N(C)Cc3cccc(Cl)c3)c12. The predicted octanol–water partition coefficient (Wildman–Crippen LogP) is 4.08. The standard InChI is InChI=1S/C20H21ClN4O/c1-12-18-16(10-17(14-7-8-14)22-19(18)25(3)23-12)20(26)24(2)11-13-5-4-6-15(21)9-13/h4-6,9-10,14H,7-8,11H2,1-3H3. The van der Waals surface area contributed by atoms with Crippen LogP contribution in [-0.2, 0) is 13.6 Å². The third-order valence-corrected chi connectivity index (χ3v) is 5.11. The highest BCUT2D eigenvalue weighted by atomic mass is 35.5. The number of aromatic nitrogens is 3. The summed E-state index contributed by atoms with van der Waals surface area (Å²) in [6.45, 7) is 2.43. The maximum atomic E-state index is 13.2. The van der Waals surface area contributed by atoms with Crippen LogP contribution in [0.1, 0.15) is 46.1 Å². The van der Waals surface area contributed by atoms with Gasteiger partial charge in [0.25, 0.3) is 5.91 Å². The second-order valence-corrected chi connectivity index (χ2v) is 7.50. The quantitative estimate of drug-likeness (QED) is 0.697. The molecule has 0 aliphatic heterocycles. The van der Waals surface area contributed by atoms with Gasteiger partial charge in [-0.1, -0.05) is 23.7 Å². The molecule has 2 heterocycles.